The smallest absolute Gasteiger partial charge is 0.257 e. The molecule has 0 saturated carbocycles. The van der Waals surface area contributed by atoms with Crippen molar-refractivity contribution in [2.75, 3.05) is 23.3 Å². The monoisotopic (exact) mass is 324 g/mol. The molecule has 0 radical (unpaired) electrons. The lowest BCUT2D eigenvalue weighted by atomic mass is 10.1. The Kier molecular flexibility index (Phi) is 4.27. The molecule has 0 fully saturated rings. The van der Waals surface area contributed by atoms with Crippen molar-refractivity contribution in [3.05, 3.63) is 34.8 Å². The highest BCUT2D eigenvalue weighted by molar-refractivity contribution is 9.10. The van der Waals surface area contributed by atoms with Crippen LogP contribution in [0.4, 0.5) is 11.4 Å². The van der Waals surface area contributed by atoms with Crippen LogP contribution in [0.1, 0.15) is 25.0 Å². The fourth-order valence-corrected chi connectivity index (χ4v) is 2.84. The Morgan fingerprint density at radius 1 is 1.58 bits per heavy atom. The lowest BCUT2D eigenvalue weighted by molar-refractivity contribution is -0.123. The second-order valence-corrected chi connectivity index (χ2v) is 5.37. The van der Waals surface area contributed by atoms with E-state index >= 15 is 0 Å². The molecular weight excluding hydrogens is 308 g/mol. The van der Waals surface area contributed by atoms with Gasteiger partial charge in [-0.25, -0.2) is 0 Å². The maximum Gasteiger partial charge on any atom is 0.257 e. The van der Waals surface area contributed by atoms with Crippen molar-refractivity contribution in [1.29, 1.82) is 0 Å². The highest BCUT2D eigenvalue weighted by Crippen LogP contribution is 2.39. The zero-order valence-corrected chi connectivity index (χ0v) is 12.4. The Morgan fingerprint density at radius 2 is 2.32 bits per heavy atom. The van der Waals surface area contributed by atoms with Crippen molar-refractivity contribution >= 4 is 33.2 Å². The van der Waals surface area contributed by atoms with Gasteiger partial charge in [0.15, 0.2) is 6.10 Å². The van der Waals surface area contributed by atoms with Crippen molar-refractivity contribution in [1.82, 2.24) is 0 Å². The molecule has 4 nitrogen and oxygen atoms in total. The van der Waals surface area contributed by atoms with Gasteiger partial charge in [-0.15, -0.1) is 6.58 Å². The van der Waals surface area contributed by atoms with Gasteiger partial charge in [-0.2, -0.15) is 0 Å². The molecule has 1 aliphatic heterocycles. The van der Waals surface area contributed by atoms with Crippen LogP contribution in [0, 0.1) is 0 Å². The van der Waals surface area contributed by atoms with E-state index < -0.39 is 6.10 Å². The summed E-state index contributed by atoms with van der Waals surface area (Å²) in [6, 6.07) is 3.70. The summed E-state index contributed by atoms with van der Waals surface area (Å²) in [4.78, 5) is 13.6. The molecule has 1 aliphatic rings. The zero-order chi connectivity index (χ0) is 14.0. The number of amides is 1. The maximum atomic E-state index is 11.5. The van der Waals surface area contributed by atoms with Crippen molar-refractivity contribution in [3.8, 4) is 0 Å². The van der Waals surface area contributed by atoms with Crippen LogP contribution >= 0.6 is 15.9 Å². The first-order chi connectivity index (χ1) is 9.08. The number of nitrogens with zero attached hydrogens (tertiary/aromatic N) is 1. The summed E-state index contributed by atoms with van der Waals surface area (Å²) in [5.74, 6) is -0.371. The maximum absolute atomic E-state index is 11.5. The Morgan fingerprint density at radius 3 is 2.95 bits per heavy atom. The predicted octanol–water partition coefficient (Wildman–Crippen LogP) is 2.84. The van der Waals surface area contributed by atoms with Gasteiger partial charge in [0.05, 0.1) is 5.69 Å². The van der Waals surface area contributed by atoms with Gasteiger partial charge >= 0.3 is 0 Å². The van der Waals surface area contributed by atoms with Gasteiger partial charge < -0.3 is 15.3 Å². The van der Waals surface area contributed by atoms with E-state index in [1.807, 2.05) is 12.1 Å². The molecule has 102 valence electrons. The van der Waals surface area contributed by atoms with E-state index in [4.69, 9.17) is 0 Å². The normalized spacial score (nSPS) is 17.0. The van der Waals surface area contributed by atoms with Crippen LogP contribution in [0.3, 0.4) is 0 Å². The summed E-state index contributed by atoms with van der Waals surface area (Å²) < 4.78 is 0.872. The molecule has 0 saturated heterocycles. The summed E-state index contributed by atoms with van der Waals surface area (Å²) in [5.41, 5.74) is 2.30. The van der Waals surface area contributed by atoms with Gasteiger partial charge in [0.25, 0.3) is 5.91 Å². The number of carbonyl (C=O) groups excluding carboxylic acids is 1. The van der Waals surface area contributed by atoms with Crippen molar-refractivity contribution in [3.63, 3.8) is 0 Å². The van der Waals surface area contributed by atoms with E-state index in [0.29, 0.717) is 11.3 Å². The first-order valence-corrected chi connectivity index (χ1v) is 7.06. The van der Waals surface area contributed by atoms with Crippen LogP contribution in [-0.4, -0.2) is 24.1 Å². The number of nitrogens with one attached hydrogen (secondary N) is 1. The lowest BCUT2D eigenvalue weighted by Crippen LogP contribution is -2.24. The van der Waals surface area contributed by atoms with Crippen LogP contribution in [0.2, 0.25) is 0 Å². The molecule has 1 unspecified atom stereocenters. The number of halogens is 1. The summed E-state index contributed by atoms with van der Waals surface area (Å²) >= 11 is 3.51. The molecule has 1 amide bonds. The molecule has 5 heteroatoms. The minimum atomic E-state index is -1.07. The van der Waals surface area contributed by atoms with E-state index in [2.05, 4.69) is 39.6 Å². The largest absolute Gasteiger partial charge is 0.378 e. The number of anilines is 2. The molecule has 2 rings (SSSR count). The van der Waals surface area contributed by atoms with Crippen molar-refractivity contribution in [2.24, 2.45) is 0 Å². The van der Waals surface area contributed by atoms with Crippen LogP contribution in [-0.2, 0) is 4.79 Å². The van der Waals surface area contributed by atoms with E-state index in [1.54, 1.807) is 6.07 Å². The number of fused-ring (bicyclic) bond motifs is 1. The van der Waals surface area contributed by atoms with Gasteiger partial charge in [0, 0.05) is 28.8 Å². The SMILES string of the molecule is C=CCN(CCC)c1cc2c(cc1Br)C(O)C(=O)N2. The minimum Gasteiger partial charge on any atom is -0.378 e. The summed E-state index contributed by atoms with van der Waals surface area (Å²) in [6.45, 7) is 7.52. The van der Waals surface area contributed by atoms with Crippen molar-refractivity contribution < 1.29 is 9.90 Å². The quantitative estimate of drug-likeness (QED) is 0.819. The second-order valence-electron chi connectivity index (χ2n) is 4.52. The number of benzene rings is 1. The zero-order valence-electron chi connectivity index (χ0n) is 10.8. The molecule has 1 aromatic carbocycles. The fourth-order valence-electron chi connectivity index (χ4n) is 2.23. The standard InChI is InChI=1S/C14H17BrN2O2/c1-3-5-17(6-4-2)12-8-11-9(7-10(12)15)13(18)14(19)16-11/h3,7-8,13,18H,1,4-6H2,2H3,(H,16,19). The summed E-state index contributed by atoms with van der Waals surface area (Å²) in [5, 5.41) is 12.4. The van der Waals surface area contributed by atoms with Gasteiger partial charge in [0.2, 0.25) is 0 Å². The molecule has 19 heavy (non-hydrogen) atoms. The molecule has 1 heterocycles. The van der Waals surface area contributed by atoms with Crippen LogP contribution in [0.25, 0.3) is 0 Å². The van der Waals surface area contributed by atoms with Gasteiger partial charge in [-0.3, -0.25) is 4.79 Å². The summed E-state index contributed by atoms with van der Waals surface area (Å²) in [6.07, 6.45) is 1.80. The minimum absolute atomic E-state index is 0.371. The number of rotatable bonds is 5. The molecule has 0 aromatic heterocycles. The van der Waals surface area contributed by atoms with E-state index in [-0.39, 0.29) is 5.91 Å². The molecule has 1 aromatic rings. The van der Waals surface area contributed by atoms with E-state index in [0.717, 1.165) is 29.7 Å². The van der Waals surface area contributed by atoms with E-state index in [9.17, 15) is 9.90 Å². The Hall–Kier alpha value is -1.33. The van der Waals surface area contributed by atoms with Gasteiger partial charge in [-0.1, -0.05) is 13.0 Å². The van der Waals surface area contributed by atoms with E-state index in [1.165, 1.54) is 0 Å². The highest BCUT2D eigenvalue weighted by Gasteiger charge is 2.30. The molecule has 1 atom stereocenters. The van der Waals surface area contributed by atoms with Crippen LogP contribution < -0.4 is 10.2 Å². The van der Waals surface area contributed by atoms with Crippen LogP contribution in [0.5, 0.6) is 0 Å². The van der Waals surface area contributed by atoms with Gasteiger partial charge in [-0.05, 0) is 34.5 Å². The third kappa shape index (κ3) is 2.67. The third-order valence-electron chi connectivity index (χ3n) is 3.10. The lowest BCUT2D eigenvalue weighted by Gasteiger charge is -2.24. The first-order valence-electron chi connectivity index (χ1n) is 6.26. The molecule has 0 aliphatic carbocycles. The number of carbonyl (C=O) groups is 1. The number of hydrogen-bond donors (Lipinski definition) is 2. The first kappa shape index (κ1) is 14.1. The molecule has 0 bridgehead atoms. The Bertz CT molecular complexity index is 516. The molecular formula is C14H17BrN2O2. The second kappa shape index (κ2) is 5.75. The number of aliphatic hydroxyl groups excluding tert-OH is 1. The Balaban J connectivity index is 2.40. The average molecular weight is 325 g/mol. The van der Waals surface area contributed by atoms with Crippen LogP contribution in [0.15, 0.2) is 29.3 Å². The molecule has 0 spiro atoms. The predicted molar refractivity (Wildman–Crippen MR) is 80.4 cm³/mol. The Labute approximate surface area is 121 Å². The highest BCUT2D eigenvalue weighted by atomic mass is 79.9. The number of hydrogen-bond acceptors (Lipinski definition) is 3. The van der Waals surface area contributed by atoms with Crippen molar-refractivity contribution in [2.45, 2.75) is 19.4 Å². The molecule has 2 N–H and O–H groups in total. The fraction of sp³-hybridized carbons (Fsp3) is 0.357. The summed E-state index contributed by atoms with van der Waals surface area (Å²) in [7, 11) is 0. The topological polar surface area (TPSA) is 52.6 Å². The number of aliphatic hydroxyl groups is 1. The average Bonchev–Trinajstić information content (AvgIpc) is 2.64. The third-order valence-corrected chi connectivity index (χ3v) is 3.74. The van der Waals surface area contributed by atoms with Gasteiger partial charge in [0.1, 0.15) is 0 Å².